The summed E-state index contributed by atoms with van der Waals surface area (Å²) < 4.78 is 5.97. The Morgan fingerprint density at radius 2 is 2.24 bits per heavy atom. The Balaban J connectivity index is 1.98. The van der Waals surface area contributed by atoms with E-state index in [1.165, 1.54) is 0 Å². The van der Waals surface area contributed by atoms with Gasteiger partial charge in [-0.15, -0.1) is 0 Å². The molecule has 1 aliphatic rings. The van der Waals surface area contributed by atoms with Gasteiger partial charge in [0.25, 0.3) is 0 Å². The fraction of sp³-hybridized carbons (Fsp3) is 0.667. The molecule has 1 saturated heterocycles. The summed E-state index contributed by atoms with van der Waals surface area (Å²) in [6.45, 7) is 2.93. The van der Waals surface area contributed by atoms with Gasteiger partial charge in [-0.1, -0.05) is 0 Å². The van der Waals surface area contributed by atoms with E-state index >= 15 is 0 Å². The van der Waals surface area contributed by atoms with Gasteiger partial charge in [0.15, 0.2) is 0 Å². The predicted molar refractivity (Wildman–Crippen MR) is 65.9 cm³/mol. The summed E-state index contributed by atoms with van der Waals surface area (Å²) >= 11 is 0. The summed E-state index contributed by atoms with van der Waals surface area (Å²) in [5.41, 5.74) is 1.02. The van der Waals surface area contributed by atoms with Crippen LogP contribution in [0, 0.1) is 0 Å². The zero-order valence-corrected chi connectivity index (χ0v) is 10.5. The van der Waals surface area contributed by atoms with E-state index in [2.05, 4.69) is 27.2 Å². The van der Waals surface area contributed by atoms with Gasteiger partial charge in [0.1, 0.15) is 12.4 Å². The van der Waals surface area contributed by atoms with Crippen LogP contribution in [0.15, 0.2) is 12.5 Å². The molecule has 0 aromatic carbocycles. The van der Waals surface area contributed by atoms with Crippen LogP contribution in [0.5, 0.6) is 5.88 Å². The molecule has 1 aromatic heterocycles. The molecule has 1 aromatic rings. The second-order valence-electron chi connectivity index (χ2n) is 4.50. The first-order chi connectivity index (χ1) is 8.29. The minimum atomic E-state index is 0.289. The molecular formula is C12H20N4O. The standard InChI is InChI=1S/C12H20N4O/c1-13-7-10-8-14-9-15-12(10)17-11-3-5-16(2)6-4-11/h8-9,11,13H,3-7H2,1-2H3. The molecule has 1 fully saturated rings. The van der Waals surface area contributed by atoms with Crippen molar-refractivity contribution in [1.82, 2.24) is 20.2 Å². The van der Waals surface area contributed by atoms with Crippen molar-refractivity contribution in [3.8, 4) is 5.88 Å². The Morgan fingerprint density at radius 1 is 1.47 bits per heavy atom. The van der Waals surface area contributed by atoms with E-state index in [9.17, 15) is 0 Å². The van der Waals surface area contributed by atoms with E-state index in [0.717, 1.165) is 43.9 Å². The van der Waals surface area contributed by atoms with Gasteiger partial charge < -0.3 is 15.0 Å². The van der Waals surface area contributed by atoms with Crippen molar-refractivity contribution in [2.45, 2.75) is 25.5 Å². The summed E-state index contributed by atoms with van der Waals surface area (Å²) in [6, 6.07) is 0. The van der Waals surface area contributed by atoms with Crippen molar-refractivity contribution < 1.29 is 4.74 Å². The zero-order chi connectivity index (χ0) is 12.1. The molecule has 0 bridgehead atoms. The van der Waals surface area contributed by atoms with Crippen LogP contribution in [0.1, 0.15) is 18.4 Å². The van der Waals surface area contributed by atoms with Crippen LogP contribution < -0.4 is 10.1 Å². The van der Waals surface area contributed by atoms with E-state index in [1.807, 2.05) is 13.2 Å². The molecule has 0 aliphatic carbocycles. The fourth-order valence-electron chi connectivity index (χ4n) is 2.03. The van der Waals surface area contributed by atoms with Crippen molar-refractivity contribution in [3.63, 3.8) is 0 Å². The van der Waals surface area contributed by atoms with Crippen molar-refractivity contribution in [1.29, 1.82) is 0 Å². The van der Waals surface area contributed by atoms with E-state index in [1.54, 1.807) is 6.33 Å². The Kier molecular flexibility index (Phi) is 4.28. The number of nitrogens with zero attached hydrogens (tertiary/aromatic N) is 3. The number of hydrogen-bond acceptors (Lipinski definition) is 5. The van der Waals surface area contributed by atoms with Crippen LogP contribution in [0.3, 0.4) is 0 Å². The van der Waals surface area contributed by atoms with Gasteiger partial charge in [0.05, 0.1) is 0 Å². The minimum absolute atomic E-state index is 0.289. The third-order valence-electron chi connectivity index (χ3n) is 3.06. The van der Waals surface area contributed by atoms with E-state index < -0.39 is 0 Å². The van der Waals surface area contributed by atoms with E-state index in [0.29, 0.717) is 0 Å². The second-order valence-corrected chi connectivity index (χ2v) is 4.50. The SMILES string of the molecule is CNCc1cncnc1OC1CCN(C)CC1. The molecule has 0 saturated carbocycles. The molecular weight excluding hydrogens is 216 g/mol. The van der Waals surface area contributed by atoms with Gasteiger partial charge in [0, 0.05) is 31.4 Å². The molecule has 5 heteroatoms. The first-order valence-corrected chi connectivity index (χ1v) is 6.08. The molecule has 17 heavy (non-hydrogen) atoms. The normalized spacial score (nSPS) is 18.2. The molecule has 2 heterocycles. The van der Waals surface area contributed by atoms with Crippen LogP contribution in [0.2, 0.25) is 0 Å². The Labute approximate surface area is 102 Å². The average molecular weight is 236 g/mol. The number of rotatable bonds is 4. The van der Waals surface area contributed by atoms with Gasteiger partial charge in [-0.25, -0.2) is 9.97 Å². The molecule has 0 unspecified atom stereocenters. The molecule has 94 valence electrons. The quantitative estimate of drug-likeness (QED) is 0.832. The second kappa shape index (κ2) is 5.93. The Bertz CT molecular complexity index is 350. The lowest BCUT2D eigenvalue weighted by atomic mass is 10.1. The maximum atomic E-state index is 5.97. The number of ether oxygens (including phenoxy) is 1. The first-order valence-electron chi connectivity index (χ1n) is 6.08. The summed E-state index contributed by atoms with van der Waals surface area (Å²) in [6.07, 6.45) is 5.78. The lowest BCUT2D eigenvalue weighted by Gasteiger charge is -2.29. The maximum Gasteiger partial charge on any atom is 0.221 e. The summed E-state index contributed by atoms with van der Waals surface area (Å²) in [5.74, 6) is 0.726. The molecule has 5 nitrogen and oxygen atoms in total. The monoisotopic (exact) mass is 236 g/mol. The van der Waals surface area contributed by atoms with Gasteiger partial charge in [-0.2, -0.15) is 0 Å². The lowest BCUT2D eigenvalue weighted by molar-refractivity contribution is 0.108. The number of hydrogen-bond donors (Lipinski definition) is 1. The lowest BCUT2D eigenvalue weighted by Crippen LogP contribution is -2.36. The van der Waals surface area contributed by atoms with Gasteiger partial charge >= 0.3 is 0 Å². The summed E-state index contributed by atoms with van der Waals surface area (Å²) in [4.78, 5) is 10.6. The van der Waals surface area contributed by atoms with Crippen LogP contribution >= 0.6 is 0 Å². The largest absolute Gasteiger partial charge is 0.474 e. The van der Waals surface area contributed by atoms with Crippen molar-refractivity contribution in [3.05, 3.63) is 18.1 Å². The number of piperidine rings is 1. The summed E-state index contributed by atoms with van der Waals surface area (Å²) in [7, 11) is 4.06. The van der Waals surface area contributed by atoms with Crippen LogP contribution in [0.25, 0.3) is 0 Å². The molecule has 2 rings (SSSR count). The highest BCUT2D eigenvalue weighted by molar-refractivity contribution is 5.22. The number of aromatic nitrogens is 2. The predicted octanol–water partition coefficient (Wildman–Crippen LogP) is 0.669. The smallest absolute Gasteiger partial charge is 0.221 e. The van der Waals surface area contributed by atoms with Crippen molar-refractivity contribution >= 4 is 0 Å². The highest BCUT2D eigenvalue weighted by Crippen LogP contribution is 2.19. The molecule has 1 N–H and O–H groups in total. The maximum absolute atomic E-state index is 5.97. The molecule has 0 amide bonds. The van der Waals surface area contributed by atoms with Crippen molar-refractivity contribution in [2.75, 3.05) is 27.2 Å². The number of nitrogens with one attached hydrogen (secondary N) is 1. The summed E-state index contributed by atoms with van der Waals surface area (Å²) in [5, 5.41) is 3.10. The molecule has 0 atom stereocenters. The molecule has 0 spiro atoms. The average Bonchev–Trinajstić information content (AvgIpc) is 2.35. The van der Waals surface area contributed by atoms with Crippen LogP contribution in [0.4, 0.5) is 0 Å². The van der Waals surface area contributed by atoms with Gasteiger partial charge in [-0.05, 0) is 26.9 Å². The zero-order valence-electron chi connectivity index (χ0n) is 10.5. The van der Waals surface area contributed by atoms with E-state index in [-0.39, 0.29) is 6.10 Å². The van der Waals surface area contributed by atoms with Gasteiger partial charge in [-0.3, -0.25) is 0 Å². The van der Waals surface area contributed by atoms with Crippen LogP contribution in [-0.2, 0) is 6.54 Å². The number of likely N-dealkylation sites (tertiary alicyclic amines) is 1. The fourth-order valence-corrected chi connectivity index (χ4v) is 2.03. The van der Waals surface area contributed by atoms with Gasteiger partial charge in [0.2, 0.25) is 5.88 Å². The highest BCUT2D eigenvalue weighted by atomic mass is 16.5. The topological polar surface area (TPSA) is 50.3 Å². The Hall–Kier alpha value is -1.20. The molecule has 1 aliphatic heterocycles. The third-order valence-corrected chi connectivity index (χ3v) is 3.06. The van der Waals surface area contributed by atoms with Crippen molar-refractivity contribution in [2.24, 2.45) is 0 Å². The molecule has 0 radical (unpaired) electrons. The third kappa shape index (κ3) is 3.38. The van der Waals surface area contributed by atoms with E-state index in [4.69, 9.17) is 4.74 Å². The Morgan fingerprint density at radius 3 is 2.94 bits per heavy atom. The van der Waals surface area contributed by atoms with Crippen LogP contribution in [-0.4, -0.2) is 48.2 Å². The first kappa shape index (κ1) is 12.3. The highest BCUT2D eigenvalue weighted by Gasteiger charge is 2.19. The minimum Gasteiger partial charge on any atom is -0.474 e.